The van der Waals surface area contributed by atoms with Crippen LogP contribution in [0.15, 0.2) is 48.5 Å². The maximum Gasteiger partial charge on any atom is 0.304 e. The fraction of sp³-hybridized carbons (Fsp3) is 0.462. The van der Waals surface area contributed by atoms with Gasteiger partial charge in [-0.3, -0.25) is 9.59 Å². The second-order valence-corrected chi connectivity index (χ2v) is 12.3. The Balaban J connectivity index is 1.91. The minimum atomic E-state index is -3.99. The lowest BCUT2D eigenvalue weighted by atomic mass is 9.95. The molecule has 1 aliphatic rings. The van der Waals surface area contributed by atoms with Crippen molar-refractivity contribution in [3.8, 4) is 0 Å². The lowest BCUT2D eigenvalue weighted by Crippen LogP contribution is -2.53. The smallest absolute Gasteiger partial charge is 0.304 e. The third-order valence-corrected chi connectivity index (χ3v) is 9.08. The molecule has 1 saturated carbocycles. The van der Waals surface area contributed by atoms with Crippen molar-refractivity contribution >= 4 is 50.9 Å². The van der Waals surface area contributed by atoms with E-state index in [2.05, 4.69) is 5.32 Å². The number of halogens is 2. The van der Waals surface area contributed by atoms with E-state index in [1.807, 2.05) is 0 Å². The average molecular weight is 570 g/mol. The highest BCUT2D eigenvalue weighted by Crippen LogP contribution is 2.25. The molecule has 1 N–H and O–H groups in total. The summed E-state index contributed by atoms with van der Waals surface area (Å²) < 4.78 is 28.4. The van der Waals surface area contributed by atoms with E-state index < -0.39 is 28.7 Å². The largest absolute Gasteiger partial charge is 0.352 e. The normalized spacial score (nSPS) is 15.3. The Labute approximate surface area is 229 Å². The molecule has 1 fully saturated rings. The van der Waals surface area contributed by atoms with Crippen molar-refractivity contribution in [2.45, 2.75) is 57.7 Å². The van der Waals surface area contributed by atoms with Crippen LogP contribution in [0.5, 0.6) is 0 Å². The maximum absolute atomic E-state index is 13.8. The fourth-order valence-corrected chi connectivity index (χ4v) is 5.67. The van der Waals surface area contributed by atoms with E-state index in [1.54, 1.807) is 55.5 Å². The molecule has 0 saturated heterocycles. The highest BCUT2D eigenvalue weighted by atomic mass is 35.5. The van der Waals surface area contributed by atoms with E-state index in [9.17, 15) is 18.0 Å². The van der Waals surface area contributed by atoms with Gasteiger partial charge in [0.1, 0.15) is 12.6 Å². The standard InChI is InChI=1S/C26H34Cl2N4O4S/c1-19(26(34)29-21-10-6-4-7-11-21)31(17-20-14-15-23(27)24(28)16-20)25(33)18-32(37(35,36)30(2)3)22-12-8-5-9-13-22/h5,8-9,12-16,19,21H,4,6-7,10-11,17-18H2,1-3H3,(H,29,34). The molecule has 0 radical (unpaired) electrons. The van der Waals surface area contributed by atoms with Crippen molar-refractivity contribution in [1.82, 2.24) is 14.5 Å². The first kappa shape index (κ1) is 29.2. The van der Waals surface area contributed by atoms with Gasteiger partial charge < -0.3 is 10.2 Å². The molecular weight excluding hydrogens is 535 g/mol. The van der Waals surface area contributed by atoms with E-state index in [4.69, 9.17) is 23.2 Å². The Kier molecular flexibility index (Phi) is 10.2. The number of carbonyl (C=O) groups excluding carboxylic acids is 2. The van der Waals surface area contributed by atoms with E-state index in [0.29, 0.717) is 21.3 Å². The van der Waals surface area contributed by atoms with Crippen LogP contribution in [0.3, 0.4) is 0 Å². The molecule has 3 rings (SSSR count). The summed E-state index contributed by atoms with van der Waals surface area (Å²) >= 11 is 12.3. The van der Waals surface area contributed by atoms with Crippen LogP contribution in [0.4, 0.5) is 5.69 Å². The molecule has 202 valence electrons. The van der Waals surface area contributed by atoms with Gasteiger partial charge in [-0.1, -0.05) is 66.7 Å². The van der Waals surface area contributed by atoms with E-state index in [1.165, 1.54) is 19.0 Å². The molecule has 11 heteroatoms. The number of nitrogens with zero attached hydrogens (tertiary/aromatic N) is 3. The summed E-state index contributed by atoms with van der Waals surface area (Å²) in [7, 11) is -1.18. The number of anilines is 1. The molecule has 2 aromatic carbocycles. The number of nitrogens with one attached hydrogen (secondary N) is 1. The minimum Gasteiger partial charge on any atom is -0.352 e. The van der Waals surface area contributed by atoms with Gasteiger partial charge in [0.25, 0.3) is 0 Å². The predicted molar refractivity (Wildman–Crippen MR) is 148 cm³/mol. The van der Waals surface area contributed by atoms with Crippen LogP contribution in [0.25, 0.3) is 0 Å². The van der Waals surface area contributed by atoms with Gasteiger partial charge >= 0.3 is 10.2 Å². The maximum atomic E-state index is 13.8. The summed E-state index contributed by atoms with van der Waals surface area (Å²) in [6, 6.07) is 12.6. The van der Waals surface area contributed by atoms with Crippen molar-refractivity contribution in [3.05, 3.63) is 64.1 Å². The van der Waals surface area contributed by atoms with Crippen molar-refractivity contribution in [2.75, 3.05) is 24.9 Å². The molecule has 0 aromatic heterocycles. The Morgan fingerprint density at radius 1 is 1.00 bits per heavy atom. The number of para-hydroxylation sites is 1. The number of hydrogen-bond acceptors (Lipinski definition) is 4. The topological polar surface area (TPSA) is 90.0 Å². The van der Waals surface area contributed by atoms with Crippen molar-refractivity contribution < 1.29 is 18.0 Å². The monoisotopic (exact) mass is 568 g/mol. The summed E-state index contributed by atoms with van der Waals surface area (Å²) in [5, 5.41) is 3.77. The van der Waals surface area contributed by atoms with Crippen molar-refractivity contribution in [3.63, 3.8) is 0 Å². The number of carbonyl (C=O) groups is 2. The third-order valence-electron chi connectivity index (χ3n) is 6.52. The summed E-state index contributed by atoms with van der Waals surface area (Å²) in [6.07, 6.45) is 5.07. The zero-order chi connectivity index (χ0) is 27.2. The van der Waals surface area contributed by atoms with Gasteiger partial charge in [-0.2, -0.15) is 12.7 Å². The number of amides is 2. The second-order valence-electron chi connectivity index (χ2n) is 9.42. The van der Waals surface area contributed by atoms with Crippen LogP contribution in [0.1, 0.15) is 44.6 Å². The molecule has 0 spiro atoms. The van der Waals surface area contributed by atoms with E-state index in [0.717, 1.165) is 40.7 Å². The molecule has 0 bridgehead atoms. The van der Waals surface area contributed by atoms with Gasteiger partial charge in [0.05, 0.1) is 15.7 Å². The molecule has 0 heterocycles. The summed E-state index contributed by atoms with van der Waals surface area (Å²) in [5.41, 5.74) is 1.01. The molecule has 37 heavy (non-hydrogen) atoms. The predicted octanol–water partition coefficient (Wildman–Crippen LogP) is 4.47. The van der Waals surface area contributed by atoms with Crippen LogP contribution < -0.4 is 9.62 Å². The molecule has 1 atom stereocenters. The Hall–Kier alpha value is -2.33. The van der Waals surface area contributed by atoms with Gasteiger partial charge in [-0.15, -0.1) is 0 Å². The first-order chi connectivity index (χ1) is 17.5. The quantitative estimate of drug-likeness (QED) is 0.457. The van der Waals surface area contributed by atoms with Crippen LogP contribution >= 0.6 is 23.2 Å². The zero-order valence-corrected chi connectivity index (χ0v) is 23.7. The lowest BCUT2D eigenvalue weighted by molar-refractivity contribution is -0.139. The third kappa shape index (κ3) is 7.60. The van der Waals surface area contributed by atoms with Crippen LogP contribution in [0.2, 0.25) is 10.0 Å². The highest BCUT2D eigenvalue weighted by Gasteiger charge is 2.33. The molecule has 8 nitrogen and oxygen atoms in total. The van der Waals surface area contributed by atoms with Crippen LogP contribution in [-0.2, 0) is 26.3 Å². The summed E-state index contributed by atoms with van der Waals surface area (Å²) in [4.78, 5) is 28.4. The first-order valence-corrected chi connectivity index (χ1v) is 14.4. The van der Waals surface area contributed by atoms with Gasteiger partial charge in [-0.05, 0) is 49.6 Å². The second kappa shape index (κ2) is 13.0. The Bertz CT molecular complexity index is 1190. The number of benzene rings is 2. The molecule has 1 unspecified atom stereocenters. The van der Waals surface area contributed by atoms with Crippen molar-refractivity contribution in [2.24, 2.45) is 0 Å². The molecule has 0 aliphatic heterocycles. The fourth-order valence-electron chi connectivity index (χ4n) is 4.30. The van der Waals surface area contributed by atoms with Crippen LogP contribution in [-0.4, -0.2) is 62.2 Å². The number of hydrogen-bond donors (Lipinski definition) is 1. The average Bonchev–Trinajstić information content (AvgIpc) is 2.88. The molecule has 1 aliphatic carbocycles. The van der Waals surface area contributed by atoms with Crippen molar-refractivity contribution in [1.29, 1.82) is 0 Å². The SMILES string of the molecule is CC(C(=O)NC1CCCCC1)N(Cc1ccc(Cl)c(Cl)c1)C(=O)CN(c1ccccc1)S(=O)(=O)N(C)C. The summed E-state index contributed by atoms with van der Waals surface area (Å²) in [5.74, 6) is -0.798. The van der Waals surface area contributed by atoms with Gasteiger partial charge in [0.15, 0.2) is 0 Å². The molecule has 2 amide bonds. The van der Waals surface area contributed by atoms with Gasteiger partial charge in [-0.25, -0.2) is 4.31 Å². The molecule has 2 aromatic rings. The van der Waals surface area contributed by atoms with E-state index in [-0.39, 0.29) is 18.5 Å². The van der Waals surface area contributed by atoms with Gasteiger partial charge in [0, 0.05) is 26.7 Å². The Morgan fingerprint density at radius 3 is 2.24 bits per heavy atom. The Morgan fingerprint density at radius 2 is 1.65 bits per heavy atom. The zero-order valence-electron chi connectivity index (χ0n) is 21.4. The lowest BCUT2D eigenvalue weighted by Gasteiger charge is -2.34. The van der Waals surface area contributed by atoms with Crippen LogP contribution in [0, 0.1) is 0 Å². The summed E-state index contributed by atoms with van der Waals surface area (Å²) in [6.45, 7) is 1.23. The minimum absolute atomic E-state index is 0.0552. The first-order valence-electron chi connectivity index (χ1n) is 12.3. The van der Waals surface area contributed by atoms with Gasteiger partial charge in [0.2, 0.25) is 11.8 Å². The molecular formula is C26H34Cl2N4O4S. The highest BCUT2D eigenvalue weighted by molar-refractivity contribution is 7.90. The van der Waals surface area contributed by atoms with E-state index >= 15 is 0 Å². The number of rotatable bonds is 10.